The molecule has 1 aliphatic rings. The first-order valence-electron chi connectivity index (χ1n) is 11.0. The summed E-state index contributed by atoms with van der Waals surface area (Å²) in [7, 11) is 0. The van der Waals surface area contributed by atoms with Crippen LogP contribution in [0, 0.1) is 12.3 Å². The third-order valence-corrected chi connectivity index (χ3v) is 5.44. The lowest BCUT2D eigenvalue weighted by Gasteiger charge is -2.31. The van der Waals surface area contributed by atoms with E-state index in [2.05, 4.69) is 35.9 Å². The van der Waals surface area contributed by atoms with E-state index in [0.29, 0.717) is 16.7 Å². The van der Waals surface area contributed by atoms with Crippen molar-refractivity contribution in [3.05, 3.63) is 47.8 Å². The summed E-state index contributed by atoms with van der Waals surface area (Å²) in [5.74, 6) is 0.203. The van der Waals surface area contributed by atoms with Crippen LogP contribution in [0.3, 0.4) is 0 Å². The smallest absolute Gasteiger partial charge is 0.172 e. The summed E-state index contributed by atoms with van der Waals surface area (Å²) in [6.07, 6.45) is 8.97. The molecule has 1 saturated carbocycles. The van der Waals surface area contributed by atoms with Crippen LogP contribution in [-0.4, -0.2) is 20.7 Å². The molecule has 4 nitrogen and oxygen atoms in total. The van der Waals surface area contributed by atoms with Crippen LogP contribution >= 0.6 is 0 Å². The van der Waals surface area contributed by atoms with Crippen molar-refractivity contribution in [1.82, 2.24) is 15.0 Å². The Morgan fingerprint density at radius 3 is 2.41 bits per heavy atom. The van der Waals surface area contributed by atoms with E-state index >= 15 is 0 Å². The minimum atomic E-state index is -0.269. The number of fused-ring (bicyclic) bond motifs is 1. The maximum absolute atomic E-state index is 13.2. The zero-order valence-corrected chi connectivity index (χ0v) is 18.8. The SMILES string of the molecule is CC.CC.Cc1cccc(-c2cnc3[nH]cc(C(=O)C4(C)CCCCC4)c3n2)c1. The van der Waals surface area contributed by atoms with E-state index in [4.69, 9.17) is 4.98 Å². The predicted octanol–water partition coefficient (Wildman–Crippen LogP) is 7.14. The standard InChI is InChI=1S/C21H23N3O.2C2H6/c1-14-7-6-8-15(11-14)17-13-23-20-18(24-17)16(12-22-20)19(25)21(2)9-4-3-5-10-21;2*1-2/h6-8,11-13H,3-5,9-10H2,1-2H3,(H,22,23);2*1-2H3. The van der Waals surface area contributed by atoms with E-state index in [0.717, 1.165) is 36.9 Å². The summed E-state index contributed by atoms with van der Waals surface area (Å²) in [6.45, 7) is 12.2. The number of aryl methyl sites for hydroxylation is 1. The molecule has 0 spiro atoms. The monoisotopic (exact) mass is 393 g/mol. The second-order valence-electron chi connectivity index (χ2n) is 7.47. The third-order valence-electron chi connectivity index (χ3n) is 5.44. The van der Waals surface area contributed by atoms with Crippen LogP contribution < -0.4 is 0 Å². The maximum Gasteiger partial charge on any atom is 0.172 e. The van der Waals surface area contributed by atoms with Gasteiger partial charge in [0, 0.05) is 17.2 Å². The van der Waals surface area contributed by atoms with Crippen molar-refractivity contribution >= 4 is 16.9 Å². The molecule has 2 heterocycles. The predicted molar refractivity (Wildman–Crippen MR) is 122 cm³/mol. The molecule has 0 saturated heterocycles. The largest absolute Gasteiger partial charge is 0.344 e. The maximum atomic E-state index is 13.2. The highest BCUT2D eigenvalue weighted by Crippen LogP contribution is 2.39. The van der Waals surface area contributed by atoms with Crippen LogP contribution in [0.15, 0.2) is 36.7 Å². The number of hydrogen-bond donors (Lipinski definition) is 1. The number of Topliss-reactive ketones (excluding diaryl/α,β-unsaturated/α-hetero) is 1. The van der Waals surface area contributed by atoms with Crippen LogP contribution in [-0.2, 0) is 0 Å². The number of nitrogens with zero attached hydrogens (tertiary/aromatic N) is 2. The molecule has 1 N–H and O–H groups in total. The van der Waals surface area contributed by atoms with Gasteiger partial charge in [0.15, 0.2) is 11.4 Å². The van der Waals surface area contributed by atoms with E-state index in [1.165, 1.54) is 12.0 Å². The fourth-order valence-electron chi connectivity index (χ4n) is 3.89. The Balaban J connectivity index is 0.000000707. The fraction of sp³-hybridized carbons (Fsp3) is 0.480. The van der Waals surface area contributed by atoms with Gasteiger partial charge in [-0.05, 0) is 25.8 Å². The Hall–Kier alpha value is -2.49. The Labute approximate surface area is 175 Å². The molecule has 0 radical (unpaired) electrons. The van der Waals surface area contributed by atoms with Crippen LogP contribution in [0.1, 0.15) is 82.6 Å². The van der Waals surface area contributed by atoms with Gasteiger partial charge in [0.25, 0.3) is 0 Å². The van der Waals surface area contributed by atoms with Crippen molar-refractivity contribution < 1.29 is 4.79 Å². The van der Waals surface area contributed by atoms with Gasteiger partial charge in [-0.25, -0.2) is 9.97 Å². The highest BCUT2D eigenvalue weighted by molar-refractivity contribution is 6.08. The molecule has 1 aromatic carbocycles. The number of H-pyrrole nitrogens is 1. The van der Waals surface area contributed by atoms with Gasteiger partial charge in [-0.15, -0.1) is 0 Å². The van der Waals surface area contributed by atoms with Gasteiger partial charge in [-0.2, -0.15) is 0 Å². The highest BCUT2D eigenvalue weighted by atomic mass is 16.1. The molecule has 1 fully saturated rings. The quantitative estimate of drug-likeness (QED) is 0.481. The first-order chi connectivity index (χ1) is 14.1. The Bertz CT molecular complexity index is 936. The molecular weight excluding hydrogens is 358 g/mol. The molecule has 0 amide bonds. The zero-order valence-electron chi connectivity index (χ0n) is 18.8. The summed E-state index contributed by atoms with van der Waals surface area (Å²) >= 11 is 0. The molecule has 1 aliphatic carbocycles. The van der Waals surface area contributed by atoms with Gasteiger partial charge in [0.05, 0.1) is 17.5 Å². The topological polar surface area (TPSA) is 58.6 Å². The normalized spacial score (nSPS) is 15.0. The minimum absolute atomic E-state index is 0.203. The van der Waals surface area contributed by atoms with E-state index < -0.39 is 0 Å². The van der Waals surface area contributed by atoms with Gasteiger partial charge in [-0.3, -0.25) is 4.79 Å². The number of aromatic nitrogens is 3. The van der Waals surface area contributed by atoms with Crippen molar-refractivity contribution in [3.8, 4) is 11.3 Å². The highest BCUT2D eigenvalue weighted by Gasteiger charge is 2.36. The summed E-state index contributed by atoms with van der Waals surface area (Å²) in [6, 6.07) is 8.19. The minimum Gasteiger partial charge on any atom is -0.344 e. The van der Waals surface area contributed by atoms with Gasteiger partial charge in [0.1, 0.15) is 5.52 Å². The molecule has 3 aromatic rings. The first-order valence-corrected chi connectivity index (χ1v) is 11.0. The number of carbonyl (C=O) groups excluding carboxylic acids is 1. The summed E-state index contributed by atoms with van der Waals surface area (Å²) in [4.78, 5) is 25.6. The molecule has 156 valence electrons. The average Bonchev–Trinajstić information content (AvgIpc) is 3.19. The molecule has 0 aliphatic heterocycles. The van der Waals surface area contributed by atoms with Crippen LogP contribution in [0.2, 0.25) is 0 Å². The third kappa shape index (κ3) is 4.92. The summed E-state index contributed by atoms with van der Waals surface area (Å²) < 4.78 is 0. The van der Waals surface area contributed by atoms with Crippen molar-refractivity contribution in [3.63, 3.8) is 0 Å². The van der Waals surface area contributed by atoms with Gasteiger partial charge in [-0.1, -0.05) is 77.6 Å². The molecule has 4 heteroatoms. The van der Waals surface area contributed by atoms with Crippen molar-refractivity contribution in [2.24, 2.45) is 5.41 Å². The number of ketones is 1. The lowest BCUT2D eigenvalue weighted by atomic mass is 9.71. The Kier molecular flexibility index (Phi) is 8.12. The van der Waals surface area contributed by atoms with Crippen LogP contribution in [0.5, 0.6) is 0 Å². The van der Waals surface area contributed by atoms with E-state index in [1.54, 1.807) is 12.4 Å². The number of benzene rings is 1. The van der Waals surface area contributed by atoms with Crippen molar-refractivity contribution in [2.45, 2.75) is 73.6 Å². The second-order valence-corrected chi connectivity index (χ2v) is 7.47. The molecule has 2 aromatic heterocycles. The van der Waals surface area contributed by atoms with Gasteiger partial charge < -0.3 is 4.98 Å². The molecule has 29 heavy (non-hydrogen) atoms. The first kappa shape index (κ1) is 22.8. The van der Waals surface area contributed by atoms with Crippen LogP contribution in [0.25, 0.3) is 22.4 Å². The number of hydrogen-bond acceptors (Lipinski definition) is 3. The molecule has 0 unspecified atom stereocenters. The Morgan fingerprint density at radius 2 is 1.76 bits per heavy atom. The summed E-state index contributed by atoms with van der Waals surface area (Å²) in [5.41, 5.74) is 4.79. The lowest BCUT2D eigenvalue weighted by Crippen LogP contribution is -2.30. The van der Waals surface area contributed by atoms with E-state index in [9.17, 15) is 4.79 Å². The van der Waals surface area contributed by atoms with Gasteiger partial charge >= 0.3 is 0 Å². The fourth-order valence-corrected chi connectivity index (χ4v) is 3.89. The second kappa shape index (κ2) is 10.3. The molecular formula is C25H35N3O. The molecule has 0 bridgehead atoms. The van der Waals surface area contributed by atoms with Crippen molar-refractivity contribution in [2.75, 3.05) is 0 Å². The molecule has 4 rings (SSSR count). The number of nitrogens with one attached hydrogen (secondary N) is 1. The number of carbonyl (C=O) groups is 1. The zero-order chi connectivity index (χ0) is 21.4. The van der Waals surface area contributed by atoms with E-state index in [1.807, 2.05) is 39.8 Å². The Morgan fingerprint density at radius 1 is 1.07 bits per heavy atom. The number of aromatic amines is 1. The van der Waals surface area contributed by atoms with Gasteiger partial charge in [0.2, 0.25) is 0 Å². The average molecular weight is 394 g/mol. The molecule has 0 atom stereocenters. The van der Waals surface area contributed by atoms with E-state index in [-0.39, 0.29) is 11.2 Å². The lowest BCUT2D eigenvalue weighted by molar-refractivity contribution is 0.0751. The summed E-state index contributed by atoms with van der Waals surface area (Å²) in [5, 5.41) is 0. The number of rotatable bonds is 3. The van der Waals surface area contributed by atoms with Crippen molar-refractivity contribution in [1.29, 1.82) is 0 Å². The van der Waals surface area contributed by atoms with Crippen LogP contribution in [0.4, 0.5) is 0 Å².